The maximum Gasteiger partial charge on any atom is 0.256 e. The van der Waals surface area contributed by atoms with Gasteiger partial charge in [-0.3, -0.25) is 14.2 Å². The van der Waals surface area contributed by atoms with Crippen LogP contribution in [0.4, 0.5) is 11.4 Å². The number of ether oxygens (including phenoxy) is 2. The molecule has 180 valence electrons. The first-order valence-electron chi connectivity index (χ1n) is 11.0. The van der Waals surface area contributed by atoms with Gasteiger partial charge in [-0.05, 0) is 54.3 Å². The summed E-state index contributed by atoms with van der Waals surface area (Å²) in [5.74, 6) is 0.860. The van der Waals surface area contributed by atoms with Gasteiger partial charge in [-0.25, -0.2) is 0 Å². The molecule has 0 aliphatic carbocycles. The van der Waals surface area contributed by atoms with E-state index in [9.17, 15) is 9.59 Å². The molecule has 0 spiro atoms. The van der Waals surface area contributed by atoms with Crippen LogP contribution in [0.15, 0.2) is 71.5 Å². The molecule has 0 saturated heterocycles. The van der Waals surface area contributed by atoms with Gasteiger partial charge in [0, 0.05) is 23.9 Å². The number of pyridine rings is 1. The van der Waals surface area contributed by atoms with Crippen molar-refractivity contribution >= 4 is 39.8 Å². The summed E-state index contributed by atoms with van der Waals surface area (Å²) in [6.45, 7) is 2.07. The summed E-state index contributed by atoms with van der Waals surface area (Å²) in [6.07, 6.45) is 0. The Morgan fingerprint density at radius 2 is 1.74 bits per heavy atom. The Balaban J connectivity index is 1.65. The quantitative estimate of drug-likeness (QED) is 0.352. The number of para-hydroxylation sites is 1. The molecule has 0 atom stereocenters. The Morgan fingerprint density at radius 1 is 0.971 bits per heavy atom. The number of fused-ring (bicyclic) bond motifs is 1. The Kier molecular flexibility index (Phi) is 7.27. The van der Waals surface area contributed by atoms with Crippen molar-refractivity contribution in [3.05, 3.63) is 93.2 Å². The van der Waals surface area contributed by atoms with E-state index >= 15 is 0 Å². The van der Waals surface area contributed by atoms with Gasteiger partial charge in [-0.1, -0.05) is 35.9 Å². The molecular weight excluding hydrogens is 466 g/mol. The van der Waals surface area contributed by atoms with Crippen LogP contribution in [0.3, 0.4) is 0 Å². The van der Waals surface area contributed by atoms with Crippen LogP contribution in [-0.4, -0.2) is 24.7 Å². The number of amides is 1. The van der Waals surface area contributed by atoms with Crippen molar-refractivity contribution in [2.24, 2.45) is 0 Å². The van der Waals surface area contributed by atoms with Crippen LogP contribution in [0.5, 0.6) is 11.5 Å². The number of nitrogens with one attached hydrogen (secondary N) is 2. The van der Waals surface area contributed by atoms with Crippen LogP contribution in [0.2, 0.25) is 5.02 Å². The fourth-order valence-electron chi connectivity index (χ4n) is 3.86. The second kappa shape index (κ2) is 10.5. The minimum absolute atomic E-state index is 0.145. The number of aryl methyl sites for hydroxylation is 1. The number of nitrogens with zero attached hydrogens (tertiary/aromatic N) is 1. The number of hydrogen-bond donors (Lipinski definition) is 2. The fraction of sp³-hybridized carbons (Fsp3) is 0.185. The average Bonchev–Trinajstić information content (AvgIpc) is 2.86. The first-order valence-corrected chi connectivity index (χ1v) is 11.4. The van der Waals surface area contributed by atoms with Gasteiger partial charge in [0.15, 0.2) is 11.5 Å². The Morgan fingerprint density at radius 3 is 2.49 bits per heavy atom. The third-order valence-electron chi connectivity index (χ3n) is 5.64. The third-order valence-corrected chi connectivity index (χ3v) is 5.97. The molecule has 4 rings (SSSR count). The molecule has 7 nitrogen and oxygen atoms in total. The first kappa shape index (κ1) is 24.2. The predicted molar refractivity (Wildman–Crippen MR) is 140 cm³/mol. The topological polar surface area (TPSA) is 81.6 Å². The van der Waals surface area contributed by atoms with E-state index < -0.39 is 0 Å². The van der Waals surface area contributed by atoms with Gasteiger partial charge >= 0.3 is 0 Å². The van der Waals surface area contributed by atoms with Crippen molar-refractivity contribution in [3.63, 3.8) is 0 Å². The molecule has 0 bridgehead atoms. The number of rotatable bonds is 8. The molecule has 1 heterocycles. The summed E-state index contributed by atoms with van der Waals surface area (Å²) in [5, 5.41) is 7.36. The number of hydrogen-bond acceptors (Lipinski definition) is 5. The number of carbonyl (C=O) groups is 1. The molecule has 4 aromatic rings. The highest BCUT2D eigenvalue weighted by Crippen LogP contribution is 2.30. The fourth-order valence-corrected chi connectivity index (χ4v) is 4.05. The molecule has 0 aliphatic rings. The molecule has 0 aliphatic heterocycles. The smallest absolute Gasteiger partial charge is 0.256 e. The van der Waals surface area contributed by atoms with E-state index in [0.717, 1.165) is 16.6 Å². The maximum atomic E-state index is 13.5. The Labute approximate surface area is 208 Å². The molecule has 1 amide bonds. The molecule has 3 aromatic carbocycles. The summed E-state index contributed by atoms with van der Waals surface area (Å²) in [5.41, 5.74) is 3.24. The van der Waals surface area contributed by atoms with E-state index in [1.54, 1.807) is 50.6 Å². The molecule has 1 aromatic heterocycles. The molecule has 0 saturated carbocycles. The zero-order valence-electron chi connectivity index (χ0n) is 19.7. The van der Waals surface area contributed by atoms with Crippen molar-refractivity contribution in [1.82, 2.24) is 4.57 Å². The molecule has 0 radical (unpaired) electrons. The SMILES string of the molecule is COc1ccc(NCc2cc3ccc(C)cc3n(CC(=O)Nc3ccccc3Cl)c2=O)cc1OC. The summed E-state index contributed by atoms with van der Waals surface area (Å²) < 4.78 is 12.1. The third kappa shape index (κ3) is 5.41. The number of anilines is 2. The number of benzene rings is 3. The van der Waals surface area contributed by atoms with Crippen molar-refractivity contribution in [2.75, 3.05) is 24.9 Å². The van der Waals surface area contributed by atoms with E-state index in [0.29, 0.717) is 33.3 Å². The van der Waals surface area contributed by atoms with Crippen LogP contribution in [0.25, 0.3) is 10.9 Å². The summed E-state index contributed by atoms with van der Waals surface area (Å²) in [7, 11) is 3.14. The zero-order chi connectivity index (χ0) is 24.9. The normalized spacial score (nSPS) is 10.7. The van der Waals surface area contributed by atoms with Crippen molar-refractivity contribution in [2.45, 2.75) is 20.0 Å². The summed E-state index contributed by atoms with van der Waals surface area (Å²) >= 11 is 6.18. The molecule has 0 unspecified atom stereocenters. The molecule has 2 N–H and O–H groups in total. The highest BCUT2D eigenvalue weighted by molar-refractivity contribution is 6.33. The molecule has 35 heavy (non-hydrogen) atoms. The van der Waals surface area contributed by atoms with Gasteiger partial charge in [0.25, 0.3) is 5.56 Å². The first-order chi connectivity index (χ1) is 16.9. The van der Waals surface area contributed by atoms with Crippen LogP contribution in [0.1, 0.15) is 11.1 Å². The lowest BCUT2D eigenvalue weighted by atomic mass is 10.1. The highest BCUT2D eigenvalue weighted by atomic mass is 35.5. The summed E-state index contributed by atoms with van der Waals surface area (Å²) in [6, 6.07) is 20.1. The Hall–Kier alpha value is -3.97. The van der Waals surface area contributed by atoms with Gasteiger partial charge in [0.2, 0.25) is 5.91 Å². The lowest BCUT2D eigenvalue weighted by Gasteiger charge is -2.15. The predicted octanol–water partition coefficient (Wildman–Crippen LogP) is 5.23. The van der Waals surface area contributed by atoms with Crippen molar-refractivity contribution in [1.29, 1.82) is 0 Å². The number of halogens is 1. The van der Waals surface area contributed by atoms with Crippen molar-refractivity contribution < 1.29 is 14.3 Å². The minimum Gasteiger partial charge on any atom is -0.493 e. The molecular formula is C27H26ClN3O4. The van der Waals surface area contributed by atoms with Crippen LogP contribution in [0, 0.1) is 6.92 Å². The van der Waals surface area contributed by atoms with E-state index in [1.807, 2.05) is 37.3 Å². The van der Waals surface area contributed by atoms with Gasteiger partial charge < -0.3 is 20.1 Å². The minimum atomic E-state index is -0.340. The van der Waals surface area contributed by atoms with Crippen LogP contribution < -0.4 is 25.7 Å². The van der Waals surface area contributed by atoms with E-state index in [1.165, 1.54) is 4.57 Å². The van der Waals surface area contributed by atoms with Gasteiger partial charge in [0.05, 0.1) is 30.4 Å². The zero-order valence-corrected chi connectivity index (χ0v) is 20.5. The number of carbonyl (C=O) groups excluding carboxylic acids is 1. The van der Waals surface area contributed by atoms with E-state index in [2.05, 4.69) is 10.6 Å². The lowest BCUT2D eigenvalue weighted by molar-refractivity contribution is -0.116. The average molecular weight is 492 g/mol. The number of aromatic nitrogens is 1. The monoisotopic (exact) mass is 491 g/mol. The molecule has 8 heteroatoms. The van der Waals surface area contributed by atoms with Crippen LogP contribution >= 0.6 is 11.6 Å². The van der Waals surface area contributed by atoms with E-state index in [-0.39, 0.29) is 24.6 Å². The molecule has 0 fully saturated rings. The second-order valence-corrected chi connectivity index (χ2v) is 8.48. The van der Waals surface area contributed by atoms with Gasteiger partial charge in [-0.15, -0.1) is 0 Å². The lowest BCUT2D eigenvalue weighted by Crippen LogP contribution is -2.30. The van der Waals surface area contributed by atoms with E-state index in [4.69, 9.17) is 21.1 Å². The summed E-state index contributed by atoms with van der Waals surface area (Å²) in [4.78, 5) is 26.3. The highest BCUT2D eigenvalue weighted by Gasteiger charge is 2.14. The number of methoxy groups -OCH3 is 2. The van der Waals surface area contributed by atoms with Gasteiger partial charge in [0.1, 0.15) is 6.54 Å². The Bertz CT molecular complexity index is 1450. The standard InChI is InChI=1S/C27H26ClN3O4/c1-17-8-9-18-13-19(15-29-20-10-11-24(34-2)25(14-20)35-3)27(33)31(23(18)12-17)16-26(32)30-22-7-5-4-6-21(22)28/h4-14,29H,15-16H2,1-3H3,(H,30,32). The largest absolute Gasteiger partial charge is 0.493 e. The van der Waals surface area contributed by atoms with Crippen molar-refractivity contribution in [3.8, 4) is 11.5 Å². The maximum absolute atomic E-state index is 13.5. The van der Waals surface area contributed by atoms with Gasteiger partial charge in [-0.2, -0.15) is 0 Å². The second-order valence-electron chi connectivity index (χ2n) is 8.07. The van der Waals surface area contributed by atoms with Crippen LogP contribution in [-0.2, 0) is 17.9 Å².